The van der Waals surface area contributed by atoms with Gasteiger partial charge >= 0.3 is 0 Å². The van der Waals surface area contributed by atoms with Crippen molar-refractivity contribution in [2.45, 2.75) is 90.3 Å². The number of carbonyl (C=O) groups is 6. The van der Waals surface area contributed by atoms with E-state index in [0.29, 0.717) is 43.5 Å². The average molecular weight is 613 g/mol. The summed E-state index contributed by atoms with van der Waals surface area (Å²) in [6.45, 7) is 4.79. The van der Waals surface area contributed by atoms with Gasteiger partial charge in [-0.05, 0) is 62.5 Å². The van der Waals surface area contributed by atoms with E-state index in [1.807, 2.05) is 12.1 Å². The highest BCUT2D eigenvalue weighted by molar-refractivity contribution is 5.98. The van der Waals surface area contributed by atoms with Gasteiger partial charge < -0.3 is 32.2 Å². The summed E-state index contributed by atoms with van der Waals surface area (Å²) >= 11 is 0. The van der Waals surface area contributed by atoms with Crippen molar-refractivity contribution in [3.63, 3.8) is 0 Å². The highest BCUT2D eigenvalue weighted by Gasteiger charge is 2.35. The van der Waals surface area contributed by atoms with Crippen molar-refractivity contribution in [2.75, 3.05) is 18.5 Å². The monoisotopic (exact) mass is 612 g/mol. The zero-order chi connectivity index (χ0) is 32.6. The normalized spacial score (nSPS) is 17.5. The van der Waals surface area contributed by atoms with Gasteiger partial charge in [0.2, 0.25) is 17.7 Å². The maximum Gasteiger partial charge on any atom is 0.224 e. The van der Waals surface area contributed by atoms with Crippen LogP contribution in [0, 0.1) is 0 Å². The fraction of sp³-hybridized carbons (Fsp3) is 0.516. The summed E-state index contributed by atoms with van der Waals surface area (Å²) in [6.07, 6.45) is 3.29. The molecule has 3 unspecified atom stereocenters. The molecule has 240 valence electrons. The second kappa shape index (κ2) is 18.3. The van der Waals surface area contributed by atoms with E-state index in [4.69, 9.17) is 16.2 Å². The van der Waals surface area contributed by atoms with Crippen LogP contribution >= 0.6 is 0 Å². The highest BCUT2D eigenvalue weighted by Crippen LogP contribution is 2.25. The number of hydrogen-bond acceptors (Lipinski definition) is 8. The number of nitrogens with two attached hydrogens (primary N) is 2. The minimum atomic E-state index is -0.632. The Kier molecular flexibility index (Phi) is 14.9. The number of benzene rings is 1. The number of guanidine groups is 1. The van der Waals surface area contributed by atoms with E-state index in [-0.39, 0.29) is 73.3 Å². The van der Waals surface area contributed by atoms with Crippen molar-refractivity contribution < 1.29 is 33.5 Å². The van der Waals surface area contributed by atoms with Crippen LogP contribution in [0.15, 0.2) is 40.9 Å². The third kappa shape index (κ3) is 13.7. The van der Waals surface area contributed by atoms with Crippen LogP contribution in [0.5, 0.6) is 0 Å². The summed E-state index contributed by atoms with van der Waals surface area (Å²) in [6, 6.07) is 6.02. The Hall–Kier alpha value is -4.39. The Morgan fingerprint density at radius 1 is 0.932 bits per heavy atom. The topological polar surface area (TPSA) is 212 Å². The molecule has 2 rings (SSSR count). The molecular weight excluding hydrogens is 568 g/mol. The zero-order valence-electron chi connectivity index (χ0n) is 25.6. The standard InChI is InChI=1S/C31H44N6O7/c1-19(38)16-25(41)13-10-22-8-11-24(12-9-22)36-29(43)7-4-6-28(42)34-14-5-15-44-27-18-23(20(2)39)17-26(37-31(32)33)30(27)35-21(3)40/h8-9,11-12,18,26-27,30H,4-7,10,13-17H2,1-3H3,(H,34,42)(H,35,40)(H,36,43)(H4,32,33,37). The fourth-order valence-electron chi connectivity index (χ4n) is 4.73. The molecule has 1 aliphatic carbocycles. The van der Waals surface area contributed by atoms with Gasteiger partial charge in [-0.3, -0.25) is 28.8 Å². The quantitative estimate of drug-likeness (QED) is 0.0697. The Balaban J connectivity index is 1.70. The molecule has 1 aromatic carbocycles. The largest absolute Gasteiger partial charge is 0.372 e. The average Bonchev–Trinajstić information content (AvgIpc) is 2.92. The first-order chi connectivity index (χ1) is 20.8. The van der Waals surface area contributed by atoms with Crippen LogP contribution in [-0.2, 0) is 39.9 Å². The summed E-state index contributed by atoms with van der Waals surface area (Å²) in [5.41, 5.74) is 13.2. The molecule has 0 aliphatic heterocycles. The summed E-state index contributed by atoms with van der Waals surface area (Å²) in [7, 11) is 0. The molecule has 3 atom stereocenters. The van der Waals surface area contributed by atoms with Crippen LogP contribution in [0.25, 0.3) is 0 Å². The molecule has 0 saturated carbocycles. The minimum absolute atomic E-state index is 0.0483. The van der Waals surface area contributed by atoms with E-state index >= 15 is 0 Å². The molecule has 0 heterocycles. The first-order valence-corrected chi connectivity index (χ1v) is 14.7. The molecule has 0 bridgehead atoms. The molecule has 1 aromatic rings. The van der Waals surface area contributed by atoms with Crippen molar-refractivity contribution in [3.05, 3.63) is 41.5 Å². The molecule has 3 amide bonds. The first-order valence-electron chi connectivity index (χ1n) is 14.7. The van der Waals surface area contributed by atoms with Gasteiger partial charge in [0, 0.05) is 51.4 Å². The second-order valence-corrected chi connectivity index (χ2v) is 10.9. The molecule has 0 spiro atoms. The summed E-state index contributed by atoms with van der Waals surface area (Å²) in [5, 5.41) is 8.40. The number of carbonyl (C=O) groups excluding carboxylic acids is 6. The van der Waals surface area contributed by atoms with Crippen molar-refractivity contribution >= 4 is 46.7 Å². The minimum Gasteiger partial charge on any atom is -0.372 e. The predicted octanol–water partition coefficient (Wildman–Crippen LogP) is 1.23. The summed E-state index contributed by atoms with van der Waals surface area (Å²) < 4.78 is 5.96. The molecule has 44 heavy (non-hydrogen) atoms. The Morgan fingerprint density at radius 2 is 1.61 bits per heavy atom. The molecule has 13 heteroatoms. The highest BCUT2D eigenvalue weighted by atomic mass is 16.5. The van der Waals surface area contributed by atoms with Gasteiger partial charge in [0.25, 0.3) is 0 Å². The molecule has 0 aromatic heterocycles. The van der Waals surface area contributed by atoms with Crippen LogP contribution < -0.4 is 27.4 Å². The molecule has 1 aliphatic rings. The van der Waals surface area contributed by atoms with Crippen molar-refractivity contribution in [1.82, 2.24) is 10.6 Å². The van der Waals surface area contributed by atoms with E-state index in [0.717, 1.165) is 5.56 Å². The SMILES string of the molecule is CC(=O)CC(=O)CCc1ccc(NC(=O)CCCC(=O)NCCCOC2C=C(C(C)=O)CC(N=C(N)N)C2NC(C)=O)cc1. The van der Waals surface area contributed by atoms with Gasteiger partial charge in [-0.15, -0.1) is 0 Å². The maximum absolute atomic E-state index is 12.3. The molecule has 13 nitrogen and oxygen atoms in total. The number of aliphatic imine (C=N–C) groups is 1. The van der Waals surface area contributed by atoms with Crippen LogP contribution in [0.4, 0.5) is 5.69 Å². The number of ketones is 3. The third-order valence-corrected chi connectivity index (χ3v) is 6.84. The van der Waals surface area contributed by atoms with Gasteiger partial charge in [-0.25, -0.2) is 4.99 Å². The lowest BCUT2D eigenvalue weighted by Crippen LogP contribution is -2.53. The smallest absolute Gasteiger partial charge is 0.224 e. The number of hydrogen-bond donors (Lipinski definition) is 5. The van der Waals surface area contributed by atoms with Crippen LogP contribution in [-0.4, -0.2) is 72.4 Å². The molecule has 0 fully saturated rings. The lowest BCUT2D eigenvalue weighted by Gasteiger charge is -2.35. The van der Waals surface area contributed by atoms with Gasteiger partial charge in [-0.2, -0.15) is 0 Å². The van der Waals surface area contributed by atoms with E-state index in [1.165, 1.54) is 20.8 Å². The van der Waals surface area contributed by atoms with Crippen LogP contribution in [0.1, 0.15) is 71.3 Å². The lowest BCUT2D eigenvalue weighted by molar-refractivity contribution is -0.126. The molecule has 0 saturated heterocycles. The van der Waals surface area contributed by atoms with Gasteiger partial charge in [0.05, 0.1) is 24.6 Å². The number of Topliss-reactive ketones (excluding diaryl/α,β-unsaturated/α-hetero) is 3. The van der Waals surface area contributed by atoms with Crippen molar-refractivity contribution in [2.24, 2.45) is 16.5 Å². The maximum atomic E-state index is 12.3. The molecule has 7 N–H and O–H groups in total. The van der Waals surface area contributed by atoms with E-state index < -0.39 is 18.2 Å². The Morgan fingerprint density at radius 3 is 2.23 bits per heavy atom. The number of nitrogens with one attached hydrogen (secondary N) is 3. The molecular formula is C31H44N6O7. The Bertz CT molecular complexity index is 1250. The van der Waals surface area contributed by atoms with E-state index in [2.05, 4.69) is 20.9 Å². The van der Waals surface area contributed by atoms with Gasteiger partial charge in [0.1, 0.15) is 11.6 Å². The first kappa shape index (κ1) is 35.8. The second-order valence-electron chi connectivity index (χ2n) is 10.9. The Labute approximate surface area is 257 Å². The number of nitrogens with zero attached hydrogens (tertiary/aromatic N) is 1. The van der Waals surface area contributed by atoms with Crippen molar-refractivity contribution in [3.8, 4) is 0 Å². The van der Waals surface area contributed by atoms with Gasteiger partial charge in [0.15, 0.2) is 11.7 Å². The van der Waals surface area contributed by atoms with E-state index in [9.17, 15) is 28.8 Å². The van der Waals surface area contributed by atoms with Gasteiger partial charge in [-0.1, -0.05) is 12.1 Å². The fourth-order valence-corrected chi connectivity index (χ4v) is 4.73. The third-order valence-electron chi connectivity index (χ3n) is 6.84. The number of rotatable bonds is 18. The number of aryl methyl sites for hydroxylation is 1. The zero-order valence-corrected chi connectivity index (χ0v) is 25.6. The van der Waals surface area contributed by atoms with Crippen LogP contribution in [0.3, 0.4) is 0 Å². The number of anilines is 1. The van der Waals surface area contributed by atoms with Crippen LogP contribution in [0.2, 0.25) is 0 Å². The number of amides is 3. The lowest BCUT2D eigenvalue weighted by atomic mass is 9.86. The number of ether oxygens (including phenoxy) is 1. The molecule has 0 radical (unpaired) electrons. The predicted molar refractivity (Wildman–Crippen MR) is 165 cm³/mol. The van der Waals surface area contributed by atoms with E-state index in [1.54, 1.807) is 18.2 Å². The van der Waals surface area contributed by atoms with Crippen molar-refractivity contribution in [1.29, 1.82) is 0 Å². The summed E-state index contributed by atoms with van der Waals surface area (Å²) in [5.74, 6) is -1.23. The summed E-state index contributed by atoms with van der Waals surface area (Å²) in [4.78, 5) is 75.3.